The Hall–Kier alpha value is -2.69. The van der Waals surface area contributed by atoms with Gasteiger partial charge in [-0.25, -0.2) is 4.39 Å². The third-order valence-electron chi connectivity index (χ3n) is 4.75. The molecule has 2 aromatic carbocycles. The summed E-state index contributed by atoms with van der Waals surface area (Å²) in [6, 6.07) is 13.8. The Bertz CT molecular complexity index is 731. The monoisotopic (exact) mass is 354 g/mol. The van der Waals surface area contributed by atoms with Gasteiger partial charge in [-0.05, 0) is 43.5 Å². The Labute approximate surface area is 153 Å². The molecule has 0 aliphatic carbocycles. The van der Waals surface area contributed by atoms with Crippen LogP contribution in [0.3, 0.4) is 0 Å². The van der Waals surface area contributed by atoms with E-state index in [9.17, 15) is 14.0 Å². The zero-order valence-corrected chi connectivity index (χ0v) is 14.9. The van der Waals surface area contributed by atoms with Crippen LogP contribution < -0.4 is 5.32 Å². The van der Waals surface area contributed by atoms with E-state index >= 15 is 0 Å². The highest BCUT2D eigenvalue weighted by molar-refractivity contribution is 5.92. The number of benzene rings is 2. The molecule has 5 heteroatoms. The average Bonchev–Trinajstić information content (AvgIpc) is 2.62. The molecule has 0 aromatic heterocycles. The molecule has 0 atom stereocenters. The topological polar surface area (TPSA) is 49.4 Å². The number of nitrogens with zero attached hydrogens (tertiary/aromatic N) is 1. The average molecular weight is 354 g/mol. The Morgan fingerprint density at radius 2 is 1.85 bits per heavy atom. The summed E-state index contributed by atoms with van der Waals surface area (Å²) in [5.74, 6) is -0.540. The number of carbonyl (C=O) groups excluding carboxylic acids is 2. The molecule has 2 amide bonds. The second-order valence-corrected chi connectivity index (χ2v) is 6.82. The number of hydrogen-bond acceptors (Lipinski definition) is 2. The van der Waals surface area contributed by atoms with Crippen LogP contribution in [0.15, 0.2) is 48.5 Å². The van der Waals surface area contributed by atoms with Crippen molar-refractivity contribution in [1.29, 1.82) is 0 Å². The molecular weight excluding hydrogens is 331 g/mol. The fraction of sp³-hybridized carbons (Fsp3) is 0.333. The van der Waals surface area contributed by atoms with Crippen LogP contribution in [0.2, 0.25) is 0 Å². The van der Waals surface area contributed by atoms with E-state index in [2.05, 4.69) is 5.32 Å². The number of anilines is 1. The first-order valence-corrected chi connectivity index (χ1v) is 8.91. The molecule has 0 spiro atoms. The van der Waals surface area contributed by atoms with Gasteiger partial charge in [0.1, 0.15) is 5.82 Å². The van der Waals surface area contributed by atoms with Crippen LogP contribution in [-0.4, -0.2) is 29.8 Å². The van der Waals surface area contributed by atoms with Crippen LogP contribution in [0.5, 0.6) is 0 Å². The Morgan fingerprint density at radius 1 is 1.12 bits per heavy atom. The zero-order chi connectivity index (χ0) is 18.5. The van der Waals surface area contributed by atoms with Gasteiger partial charge in [-0.3, -0.25) is 9.59 Å². The van der Waals surface area contributed by atoms with Crippen LogP contribution in [0.25, 0.3) is 0 Å². The van der Waals surface area contributed by atoms with E-state index in [1.165, 1.54) is 12.1 Å². The SMILES string of the molecule is Cc1cccc(CC(=O)N2CCC(C(=O)Nc3cccc(F)c3)CC2)c1. The van der Waals surface area contributed by atoms with E-state index in [0.717, 1.165) is 11.1 Å². The van der Waals surface area contributed by atoms with Crippen LogP contribution in [0, 0.1) is 18.7 Å². The summed E-state index contributed by atoms with van der Waals surface area (Å²) in [5.41, 5.74) is 2.62. The van der Waals surface area contributed by atoms with Gasteiger partial charge in [-0.1, -0.05) is 35.9 Å². The number of piperidine rings is 1. The summed E-state index contributed by atoms with van der Waals surface area (Å²) in [7, 11) is 0. The van der Waals surface area contributed by atoms with Crippen molar-refractivity contribution in [2.45, 2.75) is 26.2 Å². The summed E-state index contributed by atoms with van der Waals surface area (Å²) < 4.78 is 13.2. The van der Waals surface area contributed by atoms with Gasteiger partial charge >= 0.3 is 0 Å². The number of likely N-dealkylation sites (tertiary alicyclic amines) is 1. The molecule has 2 aromatic rings. The van der Waals surface area contributed by atoms with Crippen LogP contribution in [0.1, 0.15) is 24.0 Å². The Kier molecular flexibility index (Phi) is 5.66. The number of nitrogens with one attached hydrogen (secondary N) is 1. The molecule has 4 nitrogen and oxygen atoms in total. The van der Waals surface area contributed by atoms with Crippen LogP contribution in [-0.2, 0) is 16.0 Å². The van der Waals surface area contributed by atoms with E-state index in [4.69, 9.17) is 0 Å². The molecule has 0 bridgehead atoms. The molecule has 1 heterocycles. The quantitative estimate of drug-likeness (QED) is 0.913. The predicted octanol–water partition coefficient (Wildman–Crippen LogP) is 3.55. The molecule has 1 aliphatic heterocycles. The second-order valence-electron chi connectivity index (χ2n) is 6.82. The maximum atomic E-state index is 13.2. The molecule has 1 N–H and O–H groups in total. The highest BCUT2D eigenvalue weighted by atomic mass is 19.1. The van der Waals surface area contributed by atoms with Crippen LogP contribution in [0.4, 0.5) is 10.1 Å². The highest BCUT2D eigenvalue weighted by Gasteiger charge is 2.27. The number of amides is 2. The lowest BCUT2D eigenvalue weighted by atomic mass is 9.95. The van der Waals surface area contributed by atoms with Gasteiger partial charge in [0.05, 0.1) is 6.42 Å². The van der Waals surface area contributed by atoms with Crippen molar-refractivity contribution in [3.8, 4) is 0 Å². The highest BCUT2D eigenvalue weighted by Crippen LogP contribution is 2.21. The van der Waals surface area contributed by atoms with Gasteiger partial charge in [0, 0.05) is 24.7 Å². The third kappa shape index (κ3) is 4.69. The molecule has 1 saturated heterocycles. The Morgan fingerprint density at radius 3 is 2.54 bits per heavy atom. The first-order chi connectivity index (χ1) is 12.5. The van der Waals surface area contributed by atoms with E-state index in [1.807, 2.05) is 36.1 Å². The first kappa shape index (κ1) is 18.1. The maximum Gasteiger partial charge on any atom is 0.227 e. The van der Waals surface area contributed by atoms with Gasteiger partial charge in [-0.2, -0.15) is 0 Å². The lowest BCUT2D eigenvalue weighted by Gasteiger charge is -2.31. The number of aryl methyl sites for hydroxylation is 1. The van der Waals surface area contributed by atoms with E-state index in [0.29, 0.717) is 38.0 Å². The van der Waals surface area contributed by atoms with E-state index in [1.54, 1.807) is 12.1 Å². The summed E-state index contributed by atoms with van der Waals surface area (Å²) in [6.07, 6.45) is 1.64. The fourth-order valence-corrected chi connectivity index (χ4v) is 3.31. The van der Waals surface area contributed by atoms with Gasteiger partial charge in [0.25, 0.3) is 0 Å². The molecule has 1 fully saturated rings. The van der Waals surface area contributed by atoms with Crippen molar-refractivity contribution in [2.75, 3.05) is 18.4 Å². The molecule has 0 saturated carbocycles. The number of halogens is 1. The predicted molar refractivity (Wildman–Crippen MR) is 99.2 cm³/mol. The maximum absolute atomic E-state index is 13.2. The van der Waals surface area contributed by atoms with Gasteiger partial charge in [0.15, 0.2) is 0 Å². The minimum absolute atomic E-state index is 0.0968. The normalized spacial score (nSPS) is 14.9. The second kappa shape index (κ2) is 8.13. The summed E-state index contributed by atoms with van der Waals surface area (Å²) in [5, 5.41) is 2.76. The zero-order valence-electron chi connectivity index (χ0n) is 14.9. The van der Waals surface area contributed by atoms with Crippen molar-refractivity contribution in [1.82, 2.24) is 4.90 Å². The lowest BCUT2D eigenvalue weighted by molar-refractivity contribution is -0.133. The van der Waals surface area contributed by atoms with E-state index in [-0.39, 0.29) is 23.5 Å². The minimum atomic E-state index is -0.376. The Balaban J connectivity index is 1.50. The third-order valence-corrected chi connectivity index (χ3v) is 4.75. The summed E-state index contributed by atoms with van der Waals surface area (Å²) in [6.45, 7) is 3.16. The van der Waals surface area contributed by atoms with Crippen molar-refractivity contribution in [2.24, 2.45) is 5.92 Å². The van der Waals surface area contributed by atoms with Crippen LogP contribution >= 0.6 is 0 Å². The molecule has 1 aliphatic rings. The number of carbonyl (C=O) groups is 2. The van der Waals surface area contributed by atoms with Crippen molar-refractivity contribution in [3.05, 3.63) is 65.5 Å². The van der Waals surface area contributed by atoms with Crippen molar-refractivity contribution < 1.29 is 14.0 Å². The van der Waals surface area contributed by atoms with Crippen molar-refractivity contribution >= 4 is 17.5 Å². The fourth-order valence-electron chi connectivity index (χ4n) is 3.31. The standard InChI is InChI=1S/C21H23FN2O2/c1-15-4-2-5-16(12-15)13-20(25)24-10-8-17(9-11-24)21(26)23-19-7-3-6-18(22)14-19/h2-7,12,14,17H,8-11,13H2,1H3,(H,23,26). The molecule has 136 valence electrons. The van der Waals surface area contributed by atoms with Crippen molar-refractivity contribution in [3.63, 3.8) is 0 Å². The molecule has 0 radical (unpaired) electrons. The number of hydrogen-bond donors (Lipinski definition) is 1. The van der Waals surface area contributed by atoms with E-state index < -0.39 is 0 Å². The first-order valence-electron chi connectivity index (χ1n) is 8.91. The molecular formula is C21H23FN2O2. The lowest BCUT2D eigenvalue weighted by Crippen LogP contribution is -2.42. The minimum Gasteiger partial charge on any atom is -0.342 e. The van der Waals surface area contributed by atoms with Gasteiger partial charge in [-0.15, -0.1) is 0 Å². The molecule has 26 heavy (non-hydrogen) atoms. The van der Waals surface area contributed by atoms with Gasteiger partial charge < -0.3 is 10.2 Å². The molecule has 3 rings (SSSR count). The summed E-state index contributed by atoms with van der Waals surface area (Å²) >= 11 is 0. The number of rotatable bonds is 4. The molecule has 0 unspecified atom stereocenters. The largest absolute Gasteiger partial charge is 0.342 e. The van der Waals surface area contributed by atoms with Gasteiger partial charge in [0.2, 0.25) is 11.8 Å². The summed E-state index contributed by atoms with van der Waals surface area (Å²) in [4.78, 5) is 26.6. The smallest absolute Gasteiger partial charge is 0.227 e.